The summed E-state index contributed by atoms with van der Waals surface area (Å²) in [7, 11) is 1.46. The van der Waals surface area contributed by atoms with Crippen LogP contribution in [0.15, 0.2) is 24.3 Å². The Kier molecular flexibility index (Phi) is 34.2. The van der Waals surface area contributed by atoms with Gasteiger partial charge in [-0.2, -0.15) is 0 Å². The van der Waals surface area contributed by atoms with Gasteiger partial charge in [0.25, 0.3) is 0 Å². The number of nitrogens with zero attached hydrogens (tertiary/aromatic N) is 1. The minimum Gasteiger partial charge on any atom is -0.462 e. The van der Waals surface area contributed by atoms with Crippen molar-refractivity contribution in [1.29, 1.82) is 0 Å². The summed E-state index contributed by atoms with van der Waals surface area (Å²) in [5, 5.41) is 0. The van der Waals surface area contributed by atoms with Crippen LogP contribution in [0.1, 0.15) is 181 Å². The molecule has 0 aromatic heterocycles. The third-order valence-corrected chi connectivity index (χ3v) is 9.94. The summed E-state index contributed by atoms with van der Waals surface area (Å²) in [5.74, 6) is -0.832. The maximum absolute atomic E-state index is 12.6. The second-order valence-electron chi connectivity index (χ2n) is 15.4. The first-order chi connectivity index (χ1) is 25.0. The highest BCUT2D eigenvalue weighted by molar-refractivity contribution is 7.47. The standard InChI is InChI=1S/C42H80NO8P/c1-6-8-10-12-14-16-18-20-21-23-25-27-29-31-33-35-42(45)51-40(39-50-52(46,47)49-37-36-43(3,4)5)38-48-41(44)34-32-30-28-26-24-22-19-17-15-13-11-9-7-2/h17,19,25,27,40H,6-16,18,20-24,26,28-39H2,1-5H3/p+1/b19-17+,27-25+/t40-/m1/s1. The Bertz CT molecular complexity index is 949. The van der Waals surface area contributed by atoms with Crippen LogP contribution >= 0.6 is 7.82 Å². The first-order valence-electron chi connectivity index (χ1n) is 21.1. The lowest BCUT2D eigenvalue weighted by molar-refractivity contribution is -0.870. The van der Waals surface area contributed by atoms with Gasteiger partial charge in [-0.1, -0.05) is 128 Å². The van der Waals surface area contributed by atoms with E-state index in [9.17, 15) is 19.0 Å². The van der Waals surface area contributed by atoms with E-state index in [1.165, 1.54) is 89.9 Å². The molecule has 0 aromatic rings. The van der Waals surface area contributed by atoms with E-state index >= 15 is 0 Å². The van der Waals surface area contributed by atoms with Crippen molar-refractivity contribution in [3.05, 3.63) is 24.3 Å². The Labute approximate surface area is 319 Å². The van der Waals surface area contributed by atoms with Crippen molar-refractivity contribution in [2.75, 3.05) is 47.5 Å². The van der Waals surface area contributed by atoms with E-state index in [2.05, 4.69) is 38.2 Å². The van der Waals surface area contributed by atoms with Crippen LogP contribution in [-0.4, -0.2) is 74.9 Å². The van der Waals surface area contributed by atoms with Gasteiger partial charge in [0.1, 0.15) is 19.8 Å². The summed E-state index contributed by atoms with van der Waals surface area (Å²) in [4.78, 5) is 35.2. The van der Waals surface area contributed by atoms with E-state index in [0.29, 0.717) is 17.4 Å². The predicted octanol–water partition coefficient (Wildman–Crippen LogP) is 11.6. The molecular formula is C42H81NO8P+. The maximum Gasteiger partial charge on any atom is 0.472 e. The average molecular weight is 759 g/mol. The highest BCUT2D eigenvalue weighted by atomic mass is 31.2. The molecule has 0 heterocycles. The number of esters is 2. The Hall–Kier alpha value is -1.51. The first kappa shape index (κ1) is 50.5. The Balaban J connectivity index is 4.43. The van der Waals surface area contributed by atoms with E-state index < -0.39 is 26.5 Å². The van der Waals surface area contributed by atoms with Crippen molar-refractivity contribution in [1.82, 2.24) is 0 Å². The van der Waals surface area contributed by atoms with Crippen molar-refractivity contribution < 1.29 is 42.1 Å². The van der Waals surface area contributed by atoms with E-state index in [4.69, 9.17) is 18.5 Å². The van der Waals surface area contributed by atoms with Crippen molar-refractivity contribution in [3.63, 3.8) is 0 Å². The molecule has 1 N–H and O–H groups in total. The highest BCUT2D eigenvalue weighted by Gasteiger charge is 2.27. The van der Waals surface area contributed by atoms with E-state index in [-0.39, 0.29) is 32.0 Å². The van der Waals surface area contributed by atoms with Crippen LogP contribution < -0.4 is 0 Å². The van der Waals surface area contributed by atoms with Crippen molar-refractivity contribution >= 4 is 19.8 Å². The molecule has 0 aliphatic carbocycles. The number of hydrogen-bond acceptors (Lipinski definition) is 7. The number of ether oxygens (including phenoxy) is 2. The summed E-state index contributed by atoms with van der Waals surface area (Å²) in [5.41, 5.74) is 0. The molecule has 1 unspecified atom stereocenters. The molecule has 10 heteroatoms. The van der Waals surface area contributed by atoms with Gasteiger partial charge in [0.05, 0.1) is 27.7 Å². The molecule has 0 saturated carbocycles. The van der Waals surface area contributed by atoms with Gasteiger partial charge in [-0.05, 0) is 64.2 Å². The predicted molar refractivity (Wildman–Crippen MR) is 215 cm³/mol. The van der Waals surface area contributed by atoms with E-state index in [0.717, 1.165) is 57.8 Å². The number of carbonyl (C=O) groups excluding carboxylic acids is 2. The first-order valence-corrected chi connectivity index (χ1v) is 22.6. The Morgan fingerprint density at radius 3 is 1.48 bits per heavy atom. The SMILES string of the molecule is CCCCCC/C=C/CCCCCCCC(=O)OC[C@H](COP(=O)(O)OCC[N+](C)(C)C)OC(=O)CCCC/C=C/CCCCCCCCCCC. The molecule has 0 fully saturated rings. The monoisotopic (exact) mass is 759 g/mol. The molecule has 0 aliphatic rings. The van der Waals surface area contributed by atoms with Gasteiger partial charge in [0.2, 0.25) is 0 Å². The molecule has 52 heavy (non-hydrogen) atoms. The fourth-order valence-corrected chi connectivity index (χ4v) is 6.33. The number of allylic oxidation sites excluding steroid dienone is 4. The second kappa shape index (κ2) is 35.2. The zero-order chi connectivity index (χ0) is 38.6. The lowest BCUT2D eigenvalue weighted by atomic mass is 10.1. The zero-order valence-electron chi connectivity index (χ0n) is 34.3. The number of carbonyl (C=O) groups is 2. The molecule has 0 saturated heterocycles. The topological polar surface area (TPSA) is 108 Å². The molecular weight excluding hydrogens is 677 g/mol. The average Bonchev–Trinajstić information content (AvgIpc) is 3.09. The van der Waals surface area contributed by atoms with Crippen LogP contribution in [-0.2, 0) is 32.7 Å². The highest BCUT2D eigenvalue weighted by Crippen LogP contribution is 2.43. The molecule has 0 aromatic carbocycles. The number of phosphoric acid groups is 1. The molecule has 2 atom stereocenters. The molecule has 0 amide bonds. The number of unbranched alkanes of at least 4 members (excludes halogenated alkanes) is 20. The smallest absolute Gasteiger partial charge is 0.462 e. The fraction of sp³-hybridized carbons (Fsp3) is 0.857. The number of phosphoric ester groups is 1. The summed E-state index contributed by atoms with van der Waals surface area (Å²) in [6, 6.07) is 0. The molecule has 306 valence electrons. The van der Waals surface area contributed by atoms with Crippen LogP contribution in [0.2, 0.25) is 0 Å². The molecule has 0 rings (SSSR count). The van der Waals surface area contributed by atoms with Crippen LogP contribution in [0.3, 0.4) is 0 Å². The summed E-state index contributed by atoms with van der Waals surface area (Å²) >= 11 is 0. The molecule has 9 nitrogen and oxygen atoms in total. The lowest BCUT2D eigenvalue weighted by Gasteiger charge is -2.24. The van der Waals surface area contributed by atoms with Gasteiger partial charge in [-0.3, -0.25) is 18.6 Å². The van der Waals surface area contributed by atoms with Gasteiger partial charge in [0.15, 0.2) is 6.10 Å². The third-order valence-electron chi connectivity index (χ3n) is 8.95. The van der Waals surface area contributed by atoms with Crippen LogP contribution in [0.5, 0.6) is 0 Å². The Morgan fingerprint density at radius 1 is 0.577 bits per heavy atom. The summed E-state index contributed by atoms with van der Waals surface area (Å²) < 4.78 is 34.2. The van der Waals surface area contributed by atoms with E-state index in [1.807, 2.05) is 21.1 Å². The number of quaternary nitrogens is 1. The fourth-order valence-electron chi connectivity index (χ4n) is 5.59. The van der Waals surface area contributed by atoms with Gasteiger partial charge >= 0.3 is 19.8 Å². The van der Waals surface area contributed by atoms with Crippen molar-refractivity contribution in [2.45, 2.75) is 187 Å². The second-order valence-corrected chi connectivity index (χ2v) is 16.8. The van der Waals surface area contributed by atoms with Gasteiger partial charge < -0.3 is 18.9 Å². The molecule has 0 aliphatic heterocycles. The van der Waals surface area contributed by atoms with Gasteiger partial charge in [-0.15, -0.1) is 0 Å². The number of rotatable bonds is 38. The number of hydrogen-bond donors (Lipinski definition) is 1. The van der Waals surface area contributed by atoms with Crippen molar-refractivity contribution in [3.8, 4) is 0 Å². The van der Waals surface area contributed by atoms with Crippen LogP contribution in [0.25, 0.3) is 0 Å². The number of likely N-dealkylation sites (N-methyl/N-ethyl adjacent to an activating group) is 1. The molecule has 0 spiro atoms. The van der Waals surface area contributed by atoms with Crippen LogP contribution in [0.4, 0.5) is 0 Å². The minimum absolute atomic E-state index is 0.0280. The quantitative estimate of drug-likeness (QED) is 0.0218. The zero-order valence-corrected chi connectivity index (χ0v) is 35.2. The van der Waals surface area contributed by atoms with Crippen molar-refractivity contribution in [2.24, 2.45) is 0 Å². The summed E-state index contributed by atoms with van der Waals surface area (Å²) in [6.07, 6.45) is 36.5. The summed E-state index contributed by atoms with van der Waals surface area (Å²) in [6.45, 7) is 4.37. The van der Waals surface area contributed by atoms with Crippen LogP contribution in [0, 0.1) is 0 Å². The normalized spacial score (nSPS) is 13.9. The molecule has 0 bridgehead atoms. The minimum atomic E-state index is -4.37. The van der Waals surface area contributed by atoms with E-state index in [1.54, 1.807) is 0 Å². The van der Waals surface area contributed by atoms with Gasteiger partial charge in [-0.25, -0.2) is 4.57 Å². The third kappa shape index (κ3) is 38.2. The van der Waals surface area contributed by atoms with Gasteiger partial charge in [0, 0.05) is 12.8 Å². The molecule has 0 radical (unpaired) electrons. The Morgan fingerprint density at radius 2 is 0.981 bits per heavy atom. The maximum atomic E-state index is 12.6. The largest absolute Gasteiger partial charge is 0.472 e. The lowest BCUT2D eigenvalue weighted by Crippen LogP contribution is -2.37.